The Balaban J connectivity index is 0.000000137. The predicted molar refractivity (Wildman–Crippen MR) is 69.9 cm³/mol. The molecule has 0 spiro atoms. The Morgan fingerprint density at radius 1 is 1.61 bits per heavy atom. The number of H-pyrrole nitrogens is 1. The molecule has 0 aliphatic carbocycles. The van der Waals surface area contributed by atoms with Gasteiger partial charge in [-0.3, -0.25) is 9.69 Å². The number of aldehydes is 1. The van der Waals surface area contributed by atoms with Crippen LogP contribution in [0, 0.1) is 0 Å². The molecule has 0 radical (unpaired) electrons. The lowest BCUT2D eigenvalue weighted by molar-refractivity contribution is 0.112. The number of aromatic amines is 1. The van der Waals surface area contributed by atoms with Crippen LogP contribution in [-0.2, 0) is 0 Å². The molecule has 0 atom stereocenters. The summed E-state index contributed by atoms with van der Waals surface area (Å²) in [5.41, 5.74) is 1.76. The second-order valence-electron chi connectivity index (χ2n) is 4.55. The van der Waals surface area contributed by atoms with Crippen LogP contribution in [0.1, 0.15) is 10.5 Å². The van der Waals surface area contributed by atoms with Gasteiger partial charge in [-0.05, 0) is 19.2 Å². The van der Waals surface area contributed by atoms with Crippen molar-refractivity contribution in [2.75, 3.05) is 20.1 Å². The van der Waals surface area contributed by atoms with E-state index in [0.29, 0.717) is 22.0 Å². The lowest BCUT2D eigenvalue weighted by Crippen LogP contribution is -2.21. The first-order valence-electron chi connectivity index (χ1n) is 5.71. The highest BCUT2D eigenvalue weighted by atomic mass is 35.5. The highest BCUT2D eigenvalue weighted by molar-refractivity contribution is 6.33. The number of fused-ring (bicyclic) bond motifs is 2. The zero-order chi connectivity index (χ0) is 12.8. The number of halogens is 1. The van der Waals surface area contributed by atoms with Crippen molar-refractivity contribution in [1.82, 2.24) is 20.2 Å². The summed E-state index contributed by atoms with van der Waals surface area (Å²) in [6.45, 7) is 2.59. The van der Waals surface area contributed by atoms with Crippen LogP contribution in [0.2, 0.25) is 5.15 Å². The maximum Gasteiger partial charge on any atom is 0.166 e. The molecule has 4 heterocycles. The van der Waals surface area contributed by atoms with Gasteiger partial charge in [0.2, 0.25) is 0 Å². The molecule has 2 aliphatic heterocycles. The molecule has 2 aromatic heterocycles. The third kappa shape index (κ3) is 1.90. The van der Waals surface area contributed by atoms with E-state index in [1.165, 1.54) is 13.1 Å². The summed E-state index contributed by atoms with van der Waals surface area (Å²) in [6, 6.07) is 3.53. The quantitative estimate of drug-likeness (QED) is 0.487. The molecule has 5 nitrogen and oxygen atoms in total. The molecule has 6 heteroatoms. The Morgan fingerprint density at radius 2 is 2.33 bits per heavy atom. The summed E-state index contributed by atoms with van der Waals surface area (Å²) in [4.78, 5) is 19.5. The number of carbonyl (C=O) groups excluding carboxylic acids is 1. The van der Waals surface area contributed by atoms with Crippen LogP contribution in [0.4, 0.5) is 0 Å². The average Bonchev–Trinajstić information content (AvgIpc) is 3.17. The molecule has 2 N–H and O–H groups in total. The highest BCUT2D eigenvalue weighted by Crippen LogP contribution is 2.45. The predicted octanol–water partition coefficient (Wildman–Crippen LogP) is 1.26. The molecule has 0 unspecified atom stereocenters. The maximum absolute atomic E-state index is 10.4. The first-order valence-corrected chi connectivity index (χ1v) is 6.09. The summed E-state index contributed by atoms with van der Waals surface area (Å²) in [6.07, 6.45) is 2.35. The van der Waals surface area contributed by atoms with Gasteiger partial charge in [0.05, 0.1) is 16.9 Å². The van der Waals surface area contributed by atoms with Gasteiger partial charge in [0.1, 0.15) is 0 Å². The fraction of sp³-hybridized carbons (Fsp3) is 0.333. The van der Waals surface area contributed by atoms with Crippen LogP contribution in [0.5, 0.6) is 0 Å². The number of hydrogen-bond donors (Lipinski definition) is 2. The fourth-order valence-corrected chi connectivity index (χ4v) is 2.15. The number of pyridine rings is 1. The molecule has 2 saturated heterocycles. The van der Waals surface area contributed by atoms with Gasteiger partial charge in [0.15, 0.2) is 11.4 Å². The van der Waals surface area contributed by atoms with Gasteiger partial charge >= 0.3 is 0 Å². The van der Waals surface area contributed by atoms with E-state index < -0.39 is 0 Å². The van der Waals surface area contributed by atoms with Gasteiger partial charge in [-0.25, -0.2) is 4.98 Å². The largest absolute Gasteiger partial charge is 0.350 e. The van der Waals surface area contributed by atoms with Gasteiger partial charge in [-0.1, -0.05) is 11.6 Å². The lowest BCUT2D eigenvalue weighted by Gasteiger charge is -1.89. The summed E-state index contributed by atoms with van der Waals surface area (Å²) in [7, 11) is 2.02. The molecule has 2 fully saturated rings. The molecule has 94 valence electrons. The minimum absolute atomic E-state index is 0.389. The van der Waals surface area contributed by atoms with E-state index in [4.69, 9.17) is 11.6 Å². The van der Waals surface area contributed by atoms with Crippen molar-refractivity contribution < 1.29 is 4.79 Å². The van der Waals surface area contributed by atoms with E-state index in [9.17, 15) is 4.79 Å². The molecular formula is C12H13ClN4O. The highest BCUT2D eigenvalue weighted by Gasteiger charge is 2.67. The van der Waals surface area contributed by atoms with Crippen molar-refractivity contribution in [1.29, 1.82) is 0 Å². The molecule has 0 amide bonds. The summed E-state index contributed by atoms with van der Waals surface area (Å²) < 4.78 is 0. The fourth-order valence-electron chi connectivity index (χ4n) is 1.94. The molecule has 18 heavy (non-hydrogen) atoms. The number of carbonyl (C=O) groups is 1. The molecule has 2 aliphatic rings. The van der Waals surface area contributed by atoms with E-state index in [1.807, 2.05) is 7.05 Å². The van der Waals surface area contributed by atoms with E-state index in [1.54, 1.807) is 18.3 Å². The summed E-state index contributed by atoms with van der Waals surface area (Å²) >= 11 is 5.77. The van der Waals surface area contributed by atoms with Crippen LogP contribution in [-0.4, -0.2) is 47.0 Å². The molecule has 4 rings (SSSR count). The average molecular weight is 265 g/mol. The molecular weight excluding hydrogens is 252 g/mol. The lowest BCUT2D eigenvalue weighted by atomic mass is 10.3. The summed E-state index contributed by atoms with van der Waals surface area (Å²) in [5, 5.41) is 4.50. The van der Waals surface area contributed by atoms with Crippen molar-refractivity contribution in [3.05, 3.63) is 29.2 Å². The van der Waals surface area contributed by atoms with Crippen LogP contribution in [0.3, 0.4) is 0 Å². The van der Waals surface area contributed by atoms with Crippen LogP contribution >= 0.6 is 11.6 Å². The summed E-state index contributed by atoms with van der Waals surface area (Å²) in [5.74, 6) is 0. The van der Waals surface area contributed by atoms with Gasteiger partial charge in [-0.2, -0.15) is 0 Å². The number of likely N-dealkylation sites (N-methyl/N-ethyl adjacent to an activating group) is 1. The number of aromatic nitrogens is 2. The first kappa shape index (κ1) is 11.6. The minimum atomic E-state index is 0.389. The molecule has 0 bridgehead atoms. The zero-order valence-electron chi connectivity index (χ0n) is 9.90. The van der Waals surface area contributed by atoms with Gasteiger partial charge in [0, 0.05) is 24.7 Å². The van der Waals surface area contributed by atoms with Crippen molar-refractivity contribution >= 4 is 28.8 Å². The number of nitrogens with zero attached hydrogens (tertiary/aromatic N) is 2. The number of rotatable bonds is 2. The maximum atomic E-state index is 10.4. The topological polar surface area (TPSA) is 60.8 Å². The molecule has 0 aromatic carbocycles. The van der Waals surface area contributed by atoms with Crippen molar-refractivity contribution in [3.8, 4) is 0 Å². The Morgan fingerprint density at radius 3 is 2.78 bits per heavy atom. The zero-order valence-corrected chi connectivity index (χ0v) is 10.7. The SMILES string of the molecule is CNC12CN1C2.O=Cc1cc2ccnc(Cl)c2[nH]1. The van der Waals surface area contributed by atoms with Crippen LogP contribution < -0.4 is 5.32 Å². The van der Waals surface area contributed by atoms with Gasteiger partial charge in [0.25, 0.3) is 0 Å². The minimum Gasteiger partial charge on any atom is -0.350 e. The third-order valence-corrected chi connectivity index (χ3v) is 3.70. The Kier molecular flexibility index (Phi) is 2.62. The van der Waals surface area contributed by atoms with Crippen molar-refractivity contribution in [2.45, 2.75) is 5.66 Å². The molecule has 0 saturated carbocycles. The van der Waals surface area contributed by atoms with E-state index in [0.717, 1.165) is 11.7 Å². The van der Waals surface area contributed by atoms with E-state index in [2.05, 4.69) is 20.2 Å². The standard InChI is InChI=1S/C8H5ClN2O.C4H8N2/c9-8-7-5(1-2-10-8)3-6(4-12)11-7;1-5-4-2-6(4)3-4/h1-4,11H;5H,2-3H2,1H3. The van der Waals surface area contributed by atoms with Gasteiger partial charge in [-0.15, -0.1) is 0 Å². The Bertz CT molecular complexity index is 603. The third-order valence-electron chi connectivity index (χ3n) is 3.41. The second-order valence-corrected chi connectivity index (χ2v) is 4.90. The van der Waals surface area contributed by atoms with Crippen LogP contribution in [0.15, 0.2) is 18.3 Å². The second kappa shape index (κ2) is 4.05. The van der Waals surface area contributed by atoms with Crippen molar-refractivity contribution in [3.63, 3.8) is 0 Å². The first-order chi connectivity index (χ1) is 8.68. The monoisotopic (exact) mass is 264 g/mol. The van der Waals surface area contributed by atoms with E-state index in [-0.39, 0.29) is 0 Å². The Hall–Kier alpha value is -1.43. The van der Waals surface area contributed by atoms with Gasteiger partial charge < -0.3 is 10.3 Å². The van der Waals surface area contributed by atoms with Crippen LogP contribution in [0.25, 0.3) is 10.9 Å². The normalized spacial score (nSPS) is 27.1. The number of hydrogen-bond acceptors (Lipinski definition) is 4. The van der Waals surface area contributed by atoms with Crippen molar-refractivity contribution in [2.24, 2.45) is 0 Å². The smallest absolute Gasteiger partial charge is 0.166 e. The number of nitrogens with one attached hydrogen (secondary N) is 2. The van der Waals surface area contributed by atoms with E-state index >= 15 is 0 Å². The molecule has 2 aromatic rings. The Labute approximate surface area is 109 Å².